The second-order valence-electron chi connectivity index (χ2n) is 8.27. The van der Waals surface area contributed by atoms with Crippen molar-refractivity contribution < 1.29 is 34.8 Å². The average molecular weight is 414 g/mol. The van der Waals surface area contributed by atoms with Crippen LogP contribution in [0.3, 0.4) is 0 Å². The molecule has 4 atom stereocenters. The van der Waals surface area contributed by atoms with Crippen LogP contribution >= 0.6 is 0 Å². The maximum atomic E-state index is 13.5. The molecule has 1 amide bonds. The second-order valence-corrected chi connectivity index (χ2v) is 8.27. The molecular weight excluding hydrogens is 392 g/mol. The van der Waals surface area contributed by atoms with Gasteiger partial charge in [-0.3, -0.25) is 19.3 Å². The summed E-state index contributed by atoms with van der Waals surface area (Å²) >= 11 is 0. The molecule has 2 unspecified atom stereocenters. The minimum atomic E-state index is -2.60. The van der Waals surface area contributed by atoms with E-state index in [1.807, 2.05) is 0 Å². The Labute approximate surface area is 171 Å². The highest BCUT2D eigenvalue weighted by atomic mass is 16.3. The molecule has 0 aromatic heterocycles. The van der Waals surface area contributed by atoms with Crippen molar-refractivity contribution >= 4 is 23.2 Å². The Morgan fingerprint density at radius 2 is 1.87 bits per heavy atom. The fourth-order valence-electron chi connectivity index (χ4n) is 5.18. The number of ketones is 2. The van der Waals surface area contributed by atoms with Crippen molar-refractivity contribution in [2.45, 2.75) is 24.5 Å². The Balaban J connectivity index is 1.98. The topological polar surface area (TPSA) is 161 Å². The van der Waals surface area contributed by atoms with Crippen molar-refractivity contribution in [2.24, 2.45) is 17.6 Å². The molecule has 0 spiro atoms. The Bertz CT molecular complexity index is 1070. The monoisotopic (exact) mass is 414 g/mol. The molecule has 9 nitrogen and oxygen atoms in total. The average Bonchev–Trinajstić information content (AvgIpc) is 2.64. The Hall–Kier alpha value is -3.17. The molecule has 1 aromatic carbocycles. The summed E-state index contributed by atoms with van der Waals surface area (Å²) in [7, 11) is 3.12. The van der Waals surface area contributed by atoms with E-state index in [-0.39, 0.29) is 23.3 Å². The van der Waals surface area contributed by atoms with Crippen LogP contribution in [0, 0.1) is 11.8 Å². The molecule has 1 saturated carbocycles. The number of phenols is 1. The molecule has 9 heteroatoms. The van der Waals surface area contributed by atoms with Crippen molar-refractivity contribution in [1.82, 2.24) is 4.90 Å². The third-order valence-corrected chi connectivity index (χ3v) is 6.46. The minimum Gasteiger partial charge on any atom is -0.508 e. The van der Waals surface area contributed by atoms with Gasteiger partial charge in [0.15, 0.2) is 11.4 Å². The van der Waals surface area contributed by atoms with Crippen LogP contribution in [-0.4, -0.2) is 68.5 Å². The van der Waals surface area contributed by atoms with Gasteiger partial charge in [0.25, 0.3) is 5.91 Å². The van der Waals surface area contributed by atoms with Gasteiger partial charge in [-0.1, -0.05) is 12.1 Å². The lowest BCUT2D eigenvalue weighted by Gasteiger charge is -2.50. The first-order valence-electron chi connectivity index (χ1n) is 9.47. The summed E-state index contributed by atoms with van der Waals surface area (Å²) in [6.07, 6.45) is 0.379. The number of nitrogens with two attached hydrogens (primary N) is 1. The number of aliphatic hydroxyl groups excluding tert-OH is 2. The third kappa shape index (κ3) is 2.39. The van der Waals surface area contributed by atoms with Gasteiger partial charge in [-0.15, -0.1) is 0 Å². The van der Waals surface area contributed by atoms with Crippen LogP contribution in [0.4, 0.5) is 0 Å². The number of benzene rings is 1. The largest absolute Gasteiger partial charge is 0.508 e. The number of hydrogen-bond acceptors (Lipinski definition) is 8. The summed E-state index contributed by atoms with van der Waals surface area (Å²) in [6, 6.07) is 3.62. The number of rotatable bonds is 2. The molecule has 0 saturated heterocycles. The van der Waals surface area contributed by atoms with Gasteiger partial charge in [0, 0.05) is 11.5 Å². The number of nitrogens with zero attached hydrogens (tertiary/aromatic N) is 1. The normalized spacial score (nSPS) is 30.9. The summed E-state index contributed by atoms with van der Waals surface area (Å²) in [5, 5.41) is 43.1. The van der Waals surface area contributed by atoms with Gasteiger partial charge in [0.1, 0.15) is 22.8 Å². The van der Waals surface area contributed by atoms with Gasteiger partial charge < -0.3 is 26.2 Å². The van der Waals surface area contributed by atoms with Gasteiger partial charge in [-0.25, -0.2) is 0 Å². The zero-order valence-electron chi connectivity index (χ0n) is 16.4. The maximum absolute atomic E-state index is 13.5. The molecule has 3 aliphatic carbocycles. The van der Waals surface area contributed by atoms with E-state index >= 15 is 0 Å². The molecular formula is C21H22N2O7. The molecule has 0 aliphatic heterocycles. The number of primary amides is 1. The second kappa shape index (κ2) is 6.41. The summed E-state index contributed by atoms with van der Waals surface area (Å²) < 4.78 is 0. The van der Waals surface area contributed by atoms with Crippen molar-refractivity contribution in [2.75, 3.05) is 14.1 Å². The highest BCUT2D eigenvalue weighted by molar-refractivity contribution is 6.24. The van der Waals surface area contributed by atoms with Gasteiger partial charge in [0.05, 0.1) is 11.6 Å². The van der Waals surface area contributed by atoms with Gasteiger partial charge in [0.2, 0.25) is 5.78 Å². The molecule has 0 heterocycles. The number of Topliss-reactive ketones (excluding diaryl/α,β-unsaturated/α-hetero) is 2. The predicted octanol–water partition coefficient (Wildman–Crippen LogP) is -0.0360. The SMILES string of the molecule is CN(C)[C@@H]1C(=O)C(C(N)=O)=C(O)[C@@]2(O)C(=O)C3=C(O)c4c(O)cccc4CC3CC12. The van der Waals surface area contributed by atoms with Crippen LogP contribution in [0.15, 0.2) is 35.1 Å². The van der Waals surface area contributed by atoms with Crippen molar-refractivity contribution in [3.05, 3.63) is 46.2 Å². The van der Waals surface area contributed by atoms with Crippen LogP contribution < -0.4 is 5.73 Å². The summed E-state index contributed by atoms with van der Waals surface area (Å²) in [5.41, 5.74) is 2.41. The number of fused-ring (bicyclic) bond motifs is 3. The van der Waals surface area contributed by atoms with Gasteiger partial charge in [-0.2, -0.15) is 0 Å². The van der Waals surface area contributed by atoms with Crippen molar-refractivity contribution in [3.63, 3.8) is 0 Å². The number of hydrogen-bond donors (Lipinski definition) is 5. The maximum Gasteiger partial charge on any atom is 0.255 e. The first-order valence-corrected chi connectivity index (χ1v) is 9.47. The van der Waals surface area contributed by atoms with Crippen molar-refractivity contribution in [3.8, 4) is 5.75 Å². The van der Waals surface area contributed by atoms with Crippen molar-refractivity contribution in [1.29, 1.82) is 0 Å². The van der Waals surface area contributed by atoms with Crippen LogP contribution in [0.1, 0.15) is 17.5 Å². The first-order chi connectivity index (χ1) is 14.0. The van der Waals surface area contributed by atoms with E-state index in [0.717, 1.165) is 0 Å². The zero-order valence-corrected chi connectivity index (χ0v) is 16.4. The molecule has 158 valence electrons. The Kier molecular flexibility index (Phi) is 4.30. The number of carbonyl (C=O) groups is 3. The summed E-state index contributed by atoms with van der Waals surface area (Å²) in [5.74, 6) is -6.43. The van der Waals surface area contributed by atoms with Crippen LogP contribution in [0.25, 0.3) is 5.76 Å². The number of likely N-dealkylation sites (N-methyl/N-ethyl adjacent to an activating group) is 1. The lowest BCUT2D eigenvalue weighted by Crippen LogP contribution is -2.65. The van der Waals surface area contributed by atoms with Crippen LogP contribution in [-0.2, 0) is 20.8 Å². The van der Waals surface area contributed by atoms with E-state index in [2.05, 4.69) is 0 Å². The van der Waals surface area contributed by atoms with Gasteiger partial charge >= 0.3 is 0 Å². The molecule has 0 radical (unpaired) electrons. The molecule has 0 bridgehead atoms. The molecule has 1 fully saturated rings. The number of amides is 1. The summed E-state index contributed by atoms with van der Waals surface area (Å²) in [6.45, 7) is 0. The predicted molar refractivity (Wildman–Crippen MR) is 104 cm³/mol. The molecule has 30 heavy (non-hydrogen) atoms. The molecule has 3 aliphatic rings. The van der Waals surface area contributed by atoms with E-state index in [9.17, 15) is 34.8 Å². The highest BCUT2D eigenvalue weighted by Crippen LogP contribution is 2.52. The fourth-order valence-corrected chi connectivity index (χ4v) is 5.18. The number of aromatic hydroxyl groups is 1. The molecule has 6 N–H and O–H groups in total. The smallest absolute Gasteiger partial charge is 0.255 e. The molecule has 4 rings (SSSR count). The van der Waals surface area contributed by atoms with E-state index < -0.39 is 58.0 Å². The van der Waals surface area contributed by atoms with Crippen LogP contribution in [0.2, 0.25) is 0 Å². The van der Waals surface area contributed by atoms with E-state index in [1.165, 1.54) is 11.0 Å². The Morgan fingerprint density at radius 1 is 1.20 bits per heavy atom. The van der Waals surface area contributed by atoms with Gasteiger partial charge in [-0.05, 0) is 44.5 Å². The number of phenolic OH excluding ortho intramolecular Hbond substituents is 1. The lowest BCUT2D eigenvalue weighted by atomic mass is 9.57. The molecule has 1 aromatic rings. The quantitative estimate of drug-likeness (QED) is 0.421. The van der Waals surface area contributed by atoms with E-state index in [0.29, 0.717) is 12.0 Å². The fraction of sp³-hybridized carbons (Fsp3) is 0.381. The van der Waals surface area contributed by atoms with E-state index in [1.54, 1.807) is 26.2 Å². The highest BCUT2D eigenvalue weighted by Gasteiger charge is 2.64. The lowest BCUT2D eigenvalue weighted by molar-refractivity contribution is -0.153. The summed E-state index contributed by atoms with van der Waals surface area (Å²) in [4.78, 5) is 39.7. The number of carbonyl (C=O) groups excluding carboxylic acids is 3. The standard InChI is InChI=1S/C21H22N2O7/c1-23(2)15-10-7-9-6-8-4-3-5-11(24)12(8)16(25)13(9)18(27)21(10,30)19(28)14(17(15)26)20(22)29/h3-5,9-10,15,24-25,28,30H,6-7H2,1-2H3,(H2,22,29)/t9?,10?,15-,21-/m0/s1. The number of aliphatic hydroxyl groups is 3. The zero-order chi connectivity index (χ0) is 22.1. The Morgan fingerprint density at radius 3 is 2.47 bits per heavy atom. The van der Waals surface area contributed by atoms with E-state index in [4.69, 9.17) is 5.73 Å². The third-order valence-electron chi connectivity index (χ3n) is 6.46. The first kappa shape index (κ1) is 20.1. The van der Waals surface area contributed by atoms with Crippen LogP contribution in [0.5, 0.6) is 5.75 Å². The minimum absolute atomic E-state index is 0.0847.